The number of rotatable bonds is 4. The van der Waals surface area contributed by atoms with E-state index in [2.05, 4.69) is 37.9 Å². The lowest BCUT2D eigenvalue weighted by Crippen LogP contribution is -2.47. The lowest BCUT2D eigenvalue weighted by molar-refractivity contribution is -0.133. The van der Waals surface area contributed by atoms with Crippen LogP contribution in [0.2, 0.25) is 0 Å². The number of H-pyrrole nitrogens is 1. The van der Waals surface area contributed by atoms with Crippen molar-refractivity contribution in [2.75, 3.05) is 13.1 Å². The Morgan fingerprint density at radius 3 is 2.37 bits per heavy atom. The number of piperidine rings is 2. The number of nitrogens with zero attached hydrogens (tertiary/aromatic N) is 3. The van der Waals surface area contributed by atoms with Crippen LogP contribution in [0.25, 0.3) is 0 Å². The van der Waals surface area contributed by atoms with E-state index in [1.807, 2.05) is 9.80 Å². The number of likely N-dealkylation sites (tertiary alicyclic amines) is 2. The lowest BCUT2D eigenvalue weighted by atomic mass is 9.89. The number of carbonyl (C=O) groups excluding carboxylic acids is 2. The van der Waals surface area contributed by atoms with Crippen LogP contribution in [0.1, 0.15) is 88.2 Å². The molecule has 0 radical (unpaired) electrons. The van der Waals surface area contributed by atoms with Crippen molar-refractivity contribution < 1.29 is 9.59 Å². The van der Waals surface area contributed by atoms with E-state index in [-0.39, 0.29) is 29.8 Å². The van der Waals surface area contributed by atoms with Gasteiger partial charge < -0.3 is 9.80 Å². The fourth-order valence-corrected chi connectivity index (χ4v) is 4.63. The summed E-state index contributed by atoms with van der Waals surface area (Å²) < 4.78 is 0. The monoisotopic (exact) mass is 374 g/mol. The van der Waals surface area contributed by atoms with Crippen molar-refractivity contribution in [2.45, 2.75) is 84.2 Å². The number of hydrogen-bond donors (Lipinski definition) is 1. The normalized spacial score (nSPS) is 24.5. The fourth-order valence-electron chi connectivity index (χ4n) is 4.63. The molecule has 0 saturated carbocycles. The van der Waals surface area contributed by atoms with Crippen LogP contribution in [-0.2, 0) is 4.79 Å². The van der Waals surface area contributed by atoms with Crippen LogP contribution in [0.3, 0.4) is 0 Å². The summed E-state index contributed by atoms with van der Waals surface area (Å²) in [7, 11) is 0. The van der Waals surface area contributed by atoms with Crippen molar-refractivity contribution in [2.24, 2.45) is 5.92 Å². The van der Waals surface area contributed by atoms with Crippen LogP contribution >= 0.6 is 0 Å². The first-order chi connectivity index (χ1) is 12.9. The Morgan fingerprint density at radius 2 is 1.78 bits per heavy atom. The summed E-state index contributed by atoms with van der Waals surface area (Å²) in [6.07, 6.45) is 7.41. The van der Waals surface area contributed by atoms with Crippen LogP contribution in [0.5, 0.6) is 0 Å². The van der Waals surface area contributed by atoms with Crippen LogP contribution < -0.4 is 0 Å². The third-order valence-corrected chi connectivity index (χ3v) is 6.17. The molecule has 2 aliphatic heterocycles. The van der Waals surface area contributed by atoms with Gasteiger partial charge in [-0.05, 0) is 51.9 Å². The molecular formula is C21H34N4O2. The maximum atomic E-state index is 13.2. The second-order valence-corrected chi connectivity index (χ2v) is 8.79. The summed E-state index contributed by atoms with van der Waals surface area (Å²) in [4.78, 5) is 29.6. The molecule has 0 spiro atoms. The summed E-state index contributed by atoms with van der Waals surface area (Å²) >= 11 is 0. The van der Waals surface area contributed by atoms with Crippen LogP contribution in [-0.4, -0.2) is 57.0 Å². The molecule has 0 aliphatic carbocycles. The second kappa shape index (κ2) is 8.44. The number of aromatic amines is 1. The Kier molecular flexibility index (Phi) is 6.22. The van der Waals surface area contributed by atoms with Gasteiger partial charge in [-0.2, -0.15) is 5.10 Å². The fraction of sp³-hybridized carbons (Fsp3) is 0.762. The topological polar surface area (TPSA) is 69.3 Å². The molecule has 3 heterocycles. The number of carbonyl (C=O) groups is 2. The van der Waals surface area contributed by atoms with Gasteiger partial charge >= 0.3 is 0 Å². The predicted molar refractivity (Wildman–Crippen MR) is 106 cm³/mol. The molecule has 2 amide bonds. The molecular weight excluding hydrogens is 340 g/mol. The molecule has 0 aromatic carbocycles. The maximum Gasteiger partial charge on any atom is 0.257 e. The molecule has 2 saturated heterocycles. The molecule has 150 valence electrons. The number of amides is 2. The van der Waals surface area contributed by atoms with Crippen LogP contribution in [0.15, 0.2) is 6.20 Å². The summed E-state index contributed by atoms with van der Waals surface area (Å²) in [5.41, 5.74) is 1.68. The minimum Gasteiger partial charge on any atom is -0.343 e. The Bertz CT molecular complexity index is 651. The SMILES string of the molecule is CC(C)CC(=O)N1CCC(c2[nH]ncc2C(=O)N2[C@@H](C)CCC[C@@H]2C)CC1. The average molecular weight is 375 g/mol. The third-order valence-electron chi connectivity index (χ3n) is 6.17. The van der Waals surface area contributed by atoms with Gasteiger partial charge in [-0.15, -0.1) is 0 Å². The second-order valence-electron chi connectivity index (χ2n) is 8.79. The van der Waals surface area contributed by atoms with Crippen molar-refractivity contribution in [1.29, 1.82) is 0 Å². The predicted octanol–water partition coefficient (Wildman–Crippen LogP) is 3.56. The molecule has 0 bridgehead atoms. The highest BCUT2D eigenvalue weighted by Gasteiger charge is 2.34. The standard InChI is InChI=1S/C21H34N4O2/c1-14(2)12-19(26)24-10-8-17(9-11-24)20-18(13-22-23-20)21(27)25-15(3)6-5-7-16(25)4/h13-17H,5-12H2,1-4H3,(H,22,23)/t15-,16-/m0/s1. The molecule has 1 aromatic rings. The lowest BCUT2D eigenvalue weighted by Gasteiger charge is -2.39. The van der Waals surface area contributed by atoms with Gasteiger partial charge in [0.2, 0.25) is 5.91 Å². The summed E-state index contributed by atoms with van der Waals surface area (Å²) in [6.45, 7) is 9.97. The van der Waals surface area contributed by atoms with Crippen molar-refractivity contribution in [1.82, 2.24) is 20.0 Å². The van der Waals surface area contributed by atoms with Crippen LogP contribution in [0, 0.1) is 5.92 Å². The minimum absolute atomic E-state index is 0.108. The van der Waals surface area contributed by atoms with E-state index in [0.717, 1.165) is 50.0 Å². The van der Waals surface area contributed by atoms with E-state index in [1.54, 1.807) is 6.20 Å². The van der Waals surface area contributed by atoms with Crippen molar-refractivity contribution in [3.05, 3.63) is 17.5 Å². The van der Waals surface area contributed by atoms with E-state index < -0.39 is 0 Å². The quantitative estimate of drug-likeness (QED) is 0.876. The molecule has 2 atom stereocenters. The van der Waals surface area contributed by atoms with E-state index in [9.17, 15) is 9.59 Å². The first-order valence-electron chi connectivity index (χ1n) is 10.5. The highest BCUT2D eigenvalue weighted by molar-refractivity contribution is 5.95. The molecule has 6 heteroatoms. The molecule has 3 rings (SSSR count). The molecule has 0 unspecified atom stereocenters. The number of aromatic nitrogens is 2. The largest absolute Gasteiger partial charge is 0.343 e. The van der Waals surface area contributed by atoms with Gasteiger partial charge in [-0.3, -0.25) is 14.7 Å². The summed E-state index contributed by atoms with van der Waals surface area (Å²) in [5.74, 6) is 1.02. The van der Waals surface area contributed by atoms with Gasteiger partial charge in [0, 0.05) is 37.5 Å². The van der Waals surface area contributed by atoms with Crippen molar-refractivity contribution in [3.8, 4) is 0 Å². The Balaban J connectivity index is 1.67. The third kappa shape index (κ3) is 4.36. The first-order valence-corrected chi connectivity index (χ1v) is 10.5. The minimum atomic E-state index is 0.108. The molecule has 1 N–H and O–H groups in total. The highest BCUT2D eigenvalue weighted by atomic mass is 16.2. The number of nitrogens with one attached hydrogen (secondary N) is 1. The van der Waals surface area contributed by atoms with Gasteiger partial charge in [-0.1, -0.05) is 13.8 Å². The zero-order valence-corrected chi connectivity index (χ0v) is 17.2. The summed E-state index contributed by atoms with van der Waals surface area (Å²) in [6, 6.07) is 0.555. The zero-order valence-electron chi connectivity index (χ0n) is 17.2. The Morgan fingerprint density at radius 1 is 1.15 bits per heavy atom. The van der Waals surface area contributed by atoms with E-state index in [4.69, 9.17) is 0 Å². The Hall–Kier alpha value is -1.85. The van der Waals surface area contributed by atoms with E-state index >= 15 is 0 Å². The van der Waals surface area contributed by atoms with Gasteiger partial charge in [0.1, 0.15) is 0 Å². The molecule has 2 aliphatic rings. The average Bonchev–Trinajstić information content (AvgIpc) is 3.10. The molecule has 27 heavy (non-hydrogen) atoms. The van der Waals surface area contributed by atoms with Crippen molar-refractivity contribution in [3.63, 3.8) is 0 Å². The number of hydrogen-bond acceptors (Lipinski definition) is 3. The van der Waals surface area contributed by atoms with Gasteiger partial charge in [-0.25, -0.2) is 0 Å². The van der Waals surface area contributed by atoms with Crippen LogP contribution in [0.4, 0.5) is 0 Å². The molecule has 1 aromatic heterocycles. The maximum absolute atomic E-state index is 13.2. The highest BCUT2D eigenvalue weighted by Crippen LogP contribution is 2.32. The molecule has 2 fully saturated rings. The van der Waals surface area contributed by atoms with E-state index in [0.29, 0.717) is 12.3 Å². The van der Waals surface area contributed by atoms with Gasteiger partial charge in [0.25, 0.3) is 5.91 Å². The first kappa shape index (κ1) is 19.9. The zero-order chi connectivity index (χ0) is 19.6. The van der Waals surface area contributed by atoms with Gasteiger partial charge in [0.15, 0.2) is 0 Å². The van der Waals surface area contributed by atoms with Crippen molar-refractivity contribution >= 4 is 11.8 Å². The smallest absolute Gasteiger partial charge is 0.257 e. The van der Waals surface area contributed by atoms with Gasteiger partial charge in [0.05, 0.1) is 17.5 Å². The summed E-state index contributed by atoms with van der Waals surface area (Å²) in [5, 5.41) is 7.30. The Labute approximate surface area is 162 Å². The molecule has 6 nitrogen and oxygen atoms in total. The van der Waals surface area contributed by atoms with E-state index in [1.165, 1.54) is 6.42 Å².